The third kappa shape index (κ3) is 5.66. The fraction of sp³-hybridized carbons (Fsp3) is 0.423. The van der Waals surface area contributed by atoms with Gasteiger partial charge in [0, 0.05) is 28.9 Å². The quantitative estimate of drug-likeness (QED) is 0.496. The topological polar surface area (TPSA) is 70.5 Å². The van der Waals surface area contributed by atoms with Crippen LogP contribution in [0.1, 0.15) is 42.2 Å². The predicted molar refractivity (Wildman–Crippen MR) is 145 cm³/mol. The summed E-state index contributed by atoms with van der Waals surface area (Å²) in [6, 6.07) is 10.2. The molecule has 1 aliphatic rings. The predicted octanol–water partition coefficient (Wildman–Crippen LogP) is 4.22. The molecular weight excluding hydrogens is 497 g/mol. The van der Waals surface area contributed by atoms with Crippen molar-refractivity contribution in [3.05, 3.63) is 63.7 Å². The first kappa shape index (κ1) is 26.4. The molecule has 1 aromatic carbocycles. The van der Waals surface area contributed by atoms with E-state index in [2.05, 4.69) is 32.2 Å². The van der Waals surface area contributed by atoms with Crippen molar-refractivity contribution in [1.29, 1.82) is 0 Å². The van der Waals surface area contributed by atoms with Crippen LogP contribution in [0.3, 0.4) is 0 Å². The molecule has 2 aromatic heterocycles. The average molecular weight is 530 g/mol. The molecule has 2 amide bonds. The Morgan fingerprint density at radius 2 is 2.03 bits per heavy atom. The van der Waals surface area contributed by atoms with E-state index in [4.69, 9.17) is 5.10 Å². The van der Waals surface area contributed by atoms with Crippen molar-refractivity contribution in [2.24, 2.45) is 0 Å². The first-order valence-electron chi connectivity index (χ1n) is 11.8. The number of nitrogens with zero attached hydrogens (tertiary/aromatic N) is 4. The Morgan fingerprint density at radius 1 is 1.25 bits per heavy atom. The molecule has 0 saturated heterocycles. The standard InChI is InChI=1S/C26H32FN5O2S2/c1-26(2,3)24-22-23(19-10-7-13-35-19)36-16-21(34)31(15-20(33)28-11-12-30(4)5)25(22)32(29-24)18-9-6-8-17(27)14-18/h6-10,13-14,23H,11-12,15-16H2,1-5H3,(H,28,33)/t23-/m1/s1. The Hall–Kier alpha value is -2.69. The van der Waals surface area contributed by atoms with Gasteiger partial charge in [-0.2, -0.15) is 5.10 Å². The van der Waals surface area contributed by atoms with Crippen molar-refractivity contribution in [2.75, 3.05) is 44.4 Å². The molecule has 1 N–H and O–H groups in total. The van der Waals surface area contributed by atoms with Gasteiger partial charge in [-0.15, -0.1) is 23.1 Å². The van der Waals surface area contributed by atoms with E-state index in [0.717, 1.165) is 16.1 Å². The number of rotatable bonds is 7. The summed E-state index contributed by atoms with van der Waals surface area (Å²) in [5.74, 6) is -0.0800. The summed E-state index contributed by atoms with van der Waals surface area (Å²) >= 11 is 3.17. The maximum atomic E-state index is 14.3. The normalized spacial score (nSPS) is 16.2. The lowest BCUT2D eigenvalue weighted by atomic mass is 9.88. The molecule has 0 radical (unpaired) electrons. The minimum Gasteiger partial charge on any atom is -0.353 e. The zero-order valence-corrected chi connectivity index (χ0v) is 22.9. The summed E-state index contributed by atoms with van der Waals surface area (Å²) in [5.41, 5.74) is 1.86. The number of anilines is 1. The molecule has 36 heavy (non-hydrogen) atoms. The van der Waals surface area contributed by atoms with E-state index in [1.807, 2.05) is 30.4 Å². The minimum atomic E-state index is -0.397. The molecule has 0 saturated carbocycles. The number of carbonyl (C=O) groups excluding carboxylic acids is 2. The summed E-state index contributed by atoms with van der Waals surface area (Å²) in [6.45, 7) is 7.26. The van der Waals surface area contributed by atoms with Gasteiger partial charge in [-0.3, -0.25) is 14.5 Å². The Bertz CT molecular complexity index is 1230. The summed E-state index contributed by atoms with van der Waals surface area (Å²) in [5, 5.41) is 9.75. The zero-order valence-electron chi connectivity index (χ0n) is 21.2. The zero-order chi connectivity index (χ0) is 26.0. The summed E-state index contributed by atoms with van der Waals surface area (Å²) < 4.78 is 15.9. The van der Waals surface area contributed by atoms with E-state index in [9.17, 15) is 14.0 Å². The molecule has 0 bridgehead atoms. The van der Waals surface area contributed by atoms with E-state index in [1.54, 1.807) is 39.9 Å². The Morgan fingerprint density at radius 3 is 2.67 bits per heavy atom. The molecule has 3 aromatic rings. The highest BCUT2D eigenvalue weighted by Crippen LogP contribution is 2.49. The fourth-order valence-corrected chi connectivity index (χ4v) is 6.32. The van der Waals surface area contributed by atoms with E-state index < -0.39 is 5.82 Å². The molecule has 10 heteroatoms. The monoisotopic (exact) mass is 529 g/mol. The summed E-state index contributed by atoms with van der Waals surface area (Å²) in [6.07, 6.45) is 0. The van der Waals surface area contributed by atoms with Crippen LogP contribution in [0.15, 0.2) is 41.8 Å². The van der Waals surface area contributed by atoms with E-state index in [1.165, 1.54) is 17.0 Å². The number of halogens is 1. The molecule has 3 heterocycles. The van der Waals surface area contributed by atoms with Crippen molar-refractivity contribution in [1.82, 2.24) is 20.0 Å². The number of amides is 2. The van der Waals surface area contributed by atoms with Crippen LogP contribution in [-0.2, 0) is 15.0 Å². The van der Waals surface area contributed by atoms with Gasteiger partial charge in [0.2, 0.25) is 11.8 Å². The third-order valence-electron chi connectivity index (χ3n) is 5.84. The van der Waals surface area contributed by atoms with Gasteiger partial charge in [0.15, 0.2) is 0 Å². The van der Waals surface area contributed by atoms with Crippen LogP contribution >= 0.6 is 23.1 Å². The lowest BCUT2D eigenvalue weighted by Crippen LogP contribution is -2.43. The van der Waals surface area contributed by atoms with Gasteiger partial charge in [0.05, 0.1) is 22.4 Å². The van der Waals surface area contributed by atoms with Crippen LogP contribution in [0, 0.1) is 5.82 Å². The number of benzene rings is 1. The second-order valence-electron chi connectivity index (χ2n) is 10.1. The van der Waals surface area contributed by atoms with Gasteiger partial charge in [0.1, 0.15) is 18.2 Å². The second kappa shape index (κ2) is 10.7. The summed E-state index contributed by atoms with van der Waals surface area (Å²) in [4.78, 5) is 31.1. The number of thioether (sulfide) groups is 1. The first-order chi connectivity index (χ1) is 17.1. The molecule has 1 aliphatic heterocycles. The smallest absolute Gasteiger partial charge is 0.240 e. The van der Waals surface area contributed by atoms with Gasteiger partial charge >= 0.3 is 0 Å². The number of carbonyl (C=O) groups is 2. The average Bonchev–Trinajstić information content (AvgIpc) is 3.43. The van der Waals surface area contributed by atoms with Gasteiger partial charge in [-0.25, -0.2) is 9.07 Å². The van der Waals surface area contributed by atoms with Crippen LogP contribution in [0.4, 0.5) is 10.2 Å². The fourth-order valence-electron chi connectivity index (χ4n) is 4.14. The number of thiophene rings is 1. The van der Waals surface area contributed by atoms with Crippen molar-refractivity contribution in [3.8, 4) is 5.69 Å². The van der Waals surface area contributed by atoms with Gasteiger partial charge in [-0.1, -0.05) is 32.9 Å². The SMILES string of the molecule is CN(C)CCNC(=O)CN1C(=O)CS[C@H](c2cccs2)c2c(C(C)(C)C)nn(-c3cccc(F)c3)c21. The maximum absolute atomic E-state index is 14.3. The molecule has 1 atom stereocenters. The molecule has 0 spiro atoms. The highest BCUT2D eigenvalue weighted by Gasteiger charge is 2.40. The Balaban J connectivity index is 1.89. The lowest BCUT2D eigenvalue weighted by Gasteiger charge is -2.24. The second-order valence-corrected chi connectivity index (χ2v) is 12.1. The van der Waals surface area contributed by atoms with E-state index in [-0.39, 0.29) is 34.8 Å². The number of fused-ring (bicyclic) bond motifs is 1. The molecule has 0 fully saturated rings. The van der Waals surface area contributed by atoms with Crippen LogP contribution in [-0.4, -0.2) is 66.0 Å². The molecule has 0 unspecified atom stereocenters. The van der Waals surface area contributed by atoms with Crippen molar-refractivity contribution in [3.63, 3.8) is 0 Å². The van der Waals surface area contributed by atoms with Crippen LogP contribution in [0.2, 0.25) is 0 Å². The number of nitrogens with one attached hydrogen (secondary N) is 1. The van der Waals surface area contributed by atoms with Gasteiger partial charge in [0.25, 0.3) is 0 Å². The molecule has 192 valence electrons. The maximum Gasteiger partial charge on any atom is 0.240 e. The van der Waals surface area contributed by atoms with Crippen molar-refractivity contribution < 1.29 is 14.0 Å². The highest BCUT2D eigenvalue weighted by molar-refractivity contribution is 8.00. The minimum absolute atomic E-state index is 0.137. The largest absolute Gasteiger partial charge is 0.353 e. The first-order valence-corrected chi connectivity index (χ1v) is 13.7. The van der Waals surface area contributed by atoms with Crippen LogP contribution in [0.25, 0.3) is 5.69 Å². The Kier molecular flexibility index (Phi) is 7.87. The van der Waals surface area contributed by atoms with Crippen molar-refractivity contribution in [2.45, 2.75) is 31.4 Å². The van der Waals surface area contributed by atoms with Gasteiger partial charge in [-0.05, 0) is 43.7 Å². The number of hydrogen-bond acceptors (Lipinski definition) is 6. The summed E-state index contributed by atoms with van der Waals surface area (Å²) in [7, 11) is 3.87. The molecular formula is C26H32FN5O2S2. The van der Waals surface area contributed by atoms with Crippen LogP contribution < -0.4 is 10.2 Å². The molecule has 7 nitrogen and oxygen atoms in total. The van der Waals surface area contributed by atoms with E-state index >= 15 is 0 Å². The molecule has 0 aliphatic carbocycles. The van der Waals surface area contributed by atoms with Crippen LogP contribution in [0.5, 0.6) is 0 Å². The number of aromatic nitrogens is 2. The highest BCUT2D eigenvalue weighted by atomic mass is 32.2. The Labute approximate surface area is 219 Å². The lowest BCUT2D eigenvalue weighted by molar-refractivity contribution is -0.122. The third-order valence-corrected chi connectivity index (χ3v) is 8.16. The van der Waals surface area contributed by atoms with E-state index in [0.29, 0.717) is 24.6 Å². The molecule has 4 rings (SSSR count). The number of likely N-dealkylation sites (N-methyl/N-ethyl adjacent to an activating group) is 1. The number of hydrogen-bond donors (Lipinski definition) is 1. The van der Waals surface area contributed by atoms with Crippen molar-refractivity contribution >= 4 is 40.7 Å². The van der Waals surface area contributed by atoms with Gasteiger partial charge < -0.3 is 10.2 Å².